The Kier molecular flexibility index (Phi) is 92.2. The largest absolute Gasteiger partial charge is 0.506 e. The third-order valence-electron chi connectivity index (χ3n) is 17.2. The summed E-state index contributed by atoms with van der Waals surface area (Å²) in [5, 5.41) is 8.88. The van der Waals surface area contributed by atoms with E-state index in [2.05, 4.69) is 252 Å². The molecule has 0 aliphatic heterocycles. The van der Waals surface area contributed by atoms with Crippen LogP contribution in [-0.4, -0.2) is 87.0 Å². The molecule has 12 aromatic heterocycles. The van der Waals surface area contributed by atoms with Gasteiger partial charge in [-0.05, 0) is 209 Å². The number of rotatable bonds is 17. The molecule has 0 aromatic carbocycles. The van der Waals surface area contributed by atoms with Gasteiger partial charge in [0.15, 0.2) is 0 Å². The van der Waals surface area contributed by atoms with Crippen LogP contribution in [0.3, 0.4) is 0 Å². The fraction of sp³-hybridized carbons (Fsp3) is 0.482. The number of nitrogens with zero attached hydrogens (tertiary/aromatic N) is 15. The van der Waals surface area contributed by atoms with Gasteiger partial charge in [-0.25, -0.2) is 39.3 Å². The standard InChI is InChI=1S/C13H21N.C9H13NO.C8H10FN.2C8H12N2.C8H11NO.3C8H11N.3C7H10N2.11CH4/c1-4-5-6-7-12-8-9-13(11(2)3)14-10-12;1-7(2)9-5-4-8(11-3)6-10-9;2*1-6(2)8-4-3-7(9)5-10-8;1-6(2)7-3-4-8(9)10-5-7;1-6(2)8-4-3-7(10)5-9-8;1-7(2)8-3-5-9-6-4-8;1-7(2)8-4-3-5-9-6-8;1-7(2)8-5-3-4-6-9-8;1-6(2)7-3-8-5-9-4-7;1-6(2)7-3-4-8-5-9-7;1-6(2)7-8-4-3-5-9-7;;;;;;;;;;;/h8-11H,4-7H2,1-3H3;4-7H,1-3H3;3-6H,1-2H3;3-6H,9H2,1-2H3;3-6H,1-2H3,(H2,9,10);3-6,10H,1-2H3;3*3-7H,1-2H3;3*3-6H,1-2H3;11*1H4. The van der Waals surface area contributed by atoms with Crippen LogP contribution in [0.1, 0.15) is 419 Å². The number of hydrogen-bond donors (Lipinski definition) is 3. The summed E-state index contributed by atoms with van der Waals surface area (Å²) in [6.07, 6.45) is 36.4. The van der Waals surface area contributed by atoms with Crippen LogP contribution in [-0.2, 0) is 6.42 Å². The van der Waals surface area contributed by atoms with Crippen molar-refractivity contribution in [1.29, 1.82) is 0 Å². The first kappa shape index (κ1) is 142. The maximum absolute atomic E-state index is 12.3. The summed E-state index contributed by atoms with van der Waals surface area (Å²) in [4.78, 5) is 60.7. The molecule has 0 saturated heterocycles. The van der Waals surface area contributed by atoms with Gasteiger partial charge in [0.2, 0.25) is 0 Å². The second kappa shape index (κ2) is 84.6. The molecule has 12 rings (SSSR count). The lowest BCUT2D eigenvalue weighted by atomic mass is 10.1. The van der Waals surface area contributed by atoms with E-state index in [0.29, 0.717) is 76.8 Å². The molecule has 12 aromatic rings. The fourth-order valence-corrected chi connectivity index (χ4v) is 9.39. The molecule has 0 bridgehead atoms. The normalized spacial score (nSPS) is 9.41. The number of aromatic hydroxyl groups is 1. The van der Waals surface area contributed by atoms with E-state index in [4.69, 9.17) is 21.3 Å². The lowest BCUT2D eigenvalue weighted by Crippen LogP contribution is -1.94. The number of ether oxygens (including phenoxy) is 1. The summed E-state index contributed by atoms with van der Waals surface area (Å²) < 4.78 is 17.3. The van der Waals surface area contributed by atoms with Gasteiger partial charge < -0.3 is 21.3 Å². The summed E-state index contributed by atoms with van der Waals surface area (Å²) in [5.41, 5.74) is 25.7. The molecule has 19 nitrogen and oxygen atoms in total. The number of unbranched alkanes of at least 4 members (excludes halogenated alkanes) is 2. The monoisotopic (exact) mass is 1800 g/mol. The van der Waals surface area contributed by atoms with Gasteiger partial charge in [-0.3, -0.25) is 39.9 Å². The Labute approximate surface area is 796 Å². The van der Waals surface area contributed by atoms with E-state index in [1.165, 1.54) is 77.7 Å². The molecule has 0 atom stereocenters. The van der Waals surface area contributed by atoms with Gasteiger partial charge in [-0.1, -0.05) is 292 Å². The molecule has 0 amide bonds. The van der Waals surface area contributed by atoms with Gasteiger partial charge >= 0.3 is 0 Å². The molecule has 20 heteroatoms. The van der Waals surface area contributed by atoms with E-state index in [9.17, 15) is 4.39 Å². The Morgan fingerprint density at radius 2 is 0.723 bits per heavy atom. The summed E-state index contributed by atoms with van der Waals surface area (Å²) in [6, 6.07) is 40.5. The molecule has 0 unspecified atom stereocenters. The van der Waals surface area contributed by atoms with Crippen LogP contribution < -0.4 is 16.2 Å². The Balaban J connectivity index is -0.000000131. The smallest absolute Gasteiger partial charge is 0.141 e. The quantitative estimate of drug-likeness (QED) is 0.0715. The molecule has 0 aliphatic rings. The highest BCUT2D eigenvalue weighted by Gasteiger charge is 2.06. The minimum Gasteiger partial charge on any atom is -0.506 e. The Morgan fingerprint density at radius 3 is 1.04 bits per heavy atom. The molecule has 0 spiro atoms. The van der Waals surface area contributed by atoms with Gasteiger partial charge in [0.1, 0.15) is 41.6 Å². The Bertz CT molecular complexity index is 3790. The van der Waals surface area contributed by atoms with Crippen molar-refractivity contribution in [3.05, 3.63) is 319 Å². The van der Waals surface area contributed by atoms with E-state index in [1.54, 1.807) is 69.1 Å². The summed E-state index contributed by atoms with van der Waals surface area (Å²) >= 11 is 0. The van der Waals surface area contributed by atoms with Crippen molar-refractivity contribution in [2.24, 2.45) is 0 Å². The SMILES string of the molecule is C.C.C.C.C.C.C.C.C.C.C.CC(C)c1ccc(F)cn1.CC(C)c1ccc(N)cn1.CC(C)c1ccc(N)nc1.CC(C)c1ccc(O)cn1.CC(C)c1ccccn1.CC(C)c1cccnc1.CC(C)c1ccncc1.CC(C)c1ccncn1.CC(C)c1cncnc1.CC(C)c1ncccn1.CCCCCc1ccc(C(C)C)nc1.COc1ccc(C(C)C)nc1. The van der Waals surface area contributed by atoms with Gasteiger partial charge in [0.05, 0.1) is 37.6 Å². The average Bonchev–Trinajstić information content (AvgIpc) is 0.812. The van der Waals surface area contributed by atoms with Crippen LogP contribution in [0, 0.1) is 5.82 Å². The summed E-state index contributed by atoms with van der Waals surface area (Å²) in [7, 11) is 1.64. The number of methoxy groups -OCH3 is 1. The number of halogens is 1. The van der Waals surface area contributed by atoms with Crippen LogP contribution in [0.15, 0.2) is 239 Å². The number of hydrogen-bond acceptors (Lipinski definition) is 19. The third-order valence-corrected chi connectivity index (χ3v) is 17.2. The molecule has 12 heterocycles. The van der Waals surface area contributed by atoms with E-state index < -0.39 is 0 Å². The zero-order valence-electron chi connectivity index (χ0n) is 76.4. The third kappa shape index (κ3) is 67.9. The van der Waals surface area contributed by atoms with Crippen molar-refractivity contribution in [3.8, 4) is 11.5 Å². The minimum atomic E-state index is -0.274. The van der Waals surface area contributed by atoms with Crippen LogP contribution in [0.5, 0.6) is 11.5 Å². The second-order valence-electron chi connectivity index (χ2n) is 31.6. The number of aromatic nitrogens is 15. The van der Waals surface area contributed by atoms with Crippen molar-refractivity contribution >= 4 is 11.5 Å². The van der Waals surface area contributed by atoms with E-state index in [0.717, 1.165) is 51.4 Å². The average molecular weight is 1800 g/mol. The van der Waals surface area contributed by atoms with E-state index in [-0.39, 0.29) is 93.3 Å². The van der Waals surface area contributed by atoms with Crippen LogP contribution in [0.25, 0.3) is 0 Å². The molecule has 0 aliphatic carbocycles. The first-order chi connectivity index (χ1) is 56.6. The summed E-state index contributed by atoms with van der Waals surface area (Å²) in [6.45, 7) is 53.1. The zero-order valence-corrected chi connectivity index (χ0v) is 76.4. The highest BCUT2D eigenvalue weighted by Crippen LogP contribution is 2.20. The fourth-order valence-electron chi connectivity index (χ4n) is 9.39. The number of anilines is 2. The van der Waals surface area contributed by atoms with Gasteiger partial charge in [-0.2, -0.15) is 0 Å². The van der Waals surface area contributed by atoms with Crippen LogP contribution in [0.4, 0.5) is 15.9 Å². The van der Waals surface area contributed by atoms with Crippen LogP contribution >= 0.6 is 0 Å². The van der Waals surface area contributed by atoms with Crippen molar-refractivity contribution in [2.45, 2.75) is 351 Å². The minimum absolute atomic E-state index is 0. The molecule has 0 radical (unpaired) electrons. The van der Waals surface area contributed by atoms with Crippen molar-refractivity contribution in [1.82, 2.24) is 74.8 Å². The highest BCUT2D eigenvalue weighted by atomic mass is 19.1. The topological polar surface area (TPSA) is 275 Å². The van der Waals surface area contributed by atoms with Gasteiger partial charge in [0, 0.05) is 120 Å². The predicted octanol–water partition coefficient (Wildman–Crippen LogP) is 32.4. The van der Waals surface area contributed by atoms with E-state index in [1.807, 2.05) is 154 Å². The van der Waals surface area contributed by atoms with Crippen molar-refractivity contribution in [3.63, 3.8) is 0 Å². The Morgan fingerprint density at radius 1 is 0.292 bits per heavy atom. The maximum Gasteiger partial charge on any atom is 0.141 e. The molecule has 5 N–H and O–H groups in total. The highest BCUT2D eigenvalue weighted by molar-refractivity contribution is 5.35. The molecular formula is C110H186FN17O2. The number of pyridine rings is 9. The second-order valence-corrected chi connectivity index (χ2v) is 31.6. The predicted molar refractivity (Wildman–Crippen MR) is 568 cm³/mol. The first-order valence-corrected chi connectivity index (χ1v) is 41.7. The molecule has 0 fully saturated rings. The zero-order chi connectivity index (χ0) is 89.0. The number of nitrogens with two attached hydrogens (primary N) is 2. The van der Waals surface area contributed by atoms with Gasteiger partial charge in [-0.15, -0.1) is 0 Å². The molecule has 730 valence electrons. The van der Waals surface area contributed by atoms with E-state index >= 15 is 0 Å². The Hall–Kier alpha value is -11.3. The van der Waals surface area contributed by atoms with Crippen LogP contribution in [0.2, 0.25) is 0 Å². The number of nitrogen functional groups attached to an aromatic ring is 2. The van der Waals surface area contributed by atoms with Gasteiger partial charge in [0.25, 0.3) is 0 Å². The molecule has 130 heavy (non-hydrogen) atoms. The summed E-state index contributed by atoms with van der Waals surface area (Å²) in [5.74, 6) is 8.36. The first-order valence-electron chi connectivity index (χ1n) is 41.7. The maximum atomic E-state index is 12.3. The lowest BCUT2D eigenvalue weighted by molar-refractivity contribution is 0.412. The van der Waals surface area contributed by atoms with Crippen molar-refractivity contribution in [2.75, 3.05) is 18.6 Å². The van der Waals surface area contributed by atoms with Crippen molar-refractivity contribution < 1.29 is 14.2 Å². The lowest BCUT2D eigenvalue weighted by Gasteiger charge is -2.05. The molecular weight excluding hydrogens is 1610 g/mol. The number of aryl methyl sites for hydroxylation is 1. The molecule has 0 saturated carbocycles.